The number of aromatic nitrogens is 2. The number of para-hydroxylation sites is 1. The first-order valence-electron chi connectivity index (χ1n) is 6.21. The highest BCUT2D eigenvalue weighted by molar-refractivity contribution is 7.98. The fourth-order valence-corrected chi connectivity index (χ4v) is 2.83. The van der Waals surface area contributed by atoms with Gasteiger partial charge in [0, 0.05) is 11.4 Å². The van der Waals surface area contributed by atoms with Crippen LogP contribution in [0.15, 0.2) is 53.4 Å². The first-order chi connectivity index (χ1) is 9.36. The summed E-state index contributed by atoms with van der Waals surface area (Å²) in [7, 11) is 0. The second kappa shape index (κ2) is 5.47. The smallest absolute Gasteiger partial charge is 0.117 e. The number of nitrogens with two attached hydrogens (primary N) is 1. The van der Waals surface area contributed by atoms with E-state index in [-0.39, 0.29) is 0 Å². The summed E-state index contributed by atoms with van der Waals surface area (Å²) in [6, 6.07) is 16.4. The number of benzene rings is 2. The van der Waals surface area contributed by atoms with Crippen LogP contribution in [0.3, 0.4) is 0 Å². The van der Waals surface area contributed by atoms with Gasteiger partial charge in [0.05, 0.1) is 16.8 Å². The number of hydrogen-bond acceptors (Lipinski definition) is 3. The van der Waals surface area contributed by atoms with Crippen LogP contribution in [0.1, 0.15) is 11.4 Å². The van der Waals surface area contributed by atoms with Crippen molar-refractivity contribution in [2.24, 2.45) is 5.73 Å². The molecular formula is C15H15N3S. The third kappa shape index (κ3) is 2.64. The number of rotatable bonds is 4. The Morgan fingerprint density at radius 1 is 1.05 bits per heavy atom. The molecule has 3 nitrogen and oxygen atoms in total. The van der Waals surface area contributed by atoms with Crippen molar-refractivity contribution in [3.63, 3.8) is 0 Å². The Labute approximate surface area is 116 Å². The van der Waals surface area contributed by atoms with Crippen LogP contribution < -0.4 is 5.73 Å². The predicted molar refractivity (Wildman–Crippen MR) is 80.0 cm³/mol. The molecule has 0 aliphatic carbocycles. The van der Waals surface area contributed by atoms with Crippen LogP contribution >= 0.6 is 11.8 Å². The highest BCUT2D eigenvalue weighted by Gasteiger charge is 2.06. The number of fused-ring (bicyclic) bond motifs is 1. The molecule has 3 N–H and O–H groups in total. The molecule has 19 heavy (non-hydrogen) atoms. The molecule has 0 spiro atoms. The zero-order chi connectivity index (χ0) is 13.1. The van der Waals surface area contributed by atoms with E-state index in [0.717, 1.165) is 28.2 Å². The number of imidazole rings is 1. The number of thioether (sulfide) groups is 1. The Bertz CT molecular complexity index is 676. The maximum atomic E-state index is 5.73. The Morgan fingerprint density at radius 3 is 2.68 bits per heavy atom. The monoisotopic (exact) mass is 269 g/mol. The normalized spacial score (nSPS) is 11.0. The molecule has 0 atom stereocenters. The van der Waals surface area contributed by atoms with Crippen LogP contribution in [-0.4, -0.2) is 9.97 Å². The SMILES string of the molecule is NCc1cccc2[nH]c(CSc3ccccc3)nc12. The van der Waals surface area contributed by atoms with Crippen LogP contribution in [0.25, 0.3) is 11.0 Å². The molecule has 3 aromatic rings. The summed E-state index contributed by atoms with van der Waals surface area (Å²) in [4.78, 5) is 9.25. The molecule has 0 saturated carbocycles. The van der Waals surface area contributed by atoms with Crippen molar-refractivity contribution >= 4 is 22.8 Å². The minimum atomic E-state index is 0.521. The molecular weight excluding hydrogens is 254 g/mol. The Balaban J connectivity index is 1.82. The van der Waals surface area contributed by atoms with Crippen molar-refractivity contribution in [2.75, 3.05) is 0 Å². The maximum absolute atomic E-state index is 5.73. The van der Waals surface area contributed by atoms with E-state index in [2.05, 4.69) is 22.1 Å². The second-order valence-corrected chi connectivity index (χ2v) is 5.35. The van der Waals surface area contributed by atoms with Crippen molar-refractivity contribution in [1.29, 1.82) is 0 Å². The van der Waals surface area contributed by atoms with Crippen LogP contribution in [-0.2, 0) is 12.3 Å². The molecule has 0 bridgehead atoms. The molecule has 2 aromatic carbocycles. The van der Waals surface area contributed by atoms with Gasteiger partial charge < -0.3 is 10.7 Å². The quantitative estimate of drug-likeness (QED) is 0.714. The van der Waals surface area contributed by atoms with Gasteiger partial charge in [-0.15, -0.1) is 11.8 Å². The number of nitrogens with one attached hydrogen (secondary N) is 1. The highest BCUT2D eigenvalue weighted by atomic mass is 32.2. The van der Waals surface area contributed by atoms with Gasteiger partial charge in [-0.1, -0.05) is 30.3 Å². The molecule has 0 amide bonds. The van der Waals surface area contributed by atoms with Crippen molar-refractivity contribution < 1.29 is 0 Å². The predicted octanol–water partition coefficient (Wildman–Crippen LogP) is 3.31. The van der Waals surface area contributed by atoms with E-state index in [1.807, 2.05) is 36.4 Å². The lowest BCUT2D eigenvalue weighted by Gasteiger charge is -1.97. The number of hydrogen-bond donors (Lipinski definition) is 2. The second-order valence-electron chi connectivity index (χ2n) is 4.30. The average Bonchev–Trinajstić information content (AvgIpc) is 2.89. The minimum absolute atomic E-state index is 0.521. The van der Waals surface area contributed by atoms with Crippen molar-refractivity contribution in [2.45, 2.75) is 17.2 Å². The van der Waals surface area contributed by atoms with Gasteiger partial charge in [0.25, 0.3) is 0 Å². The van der Waals surface area contributed by atoms with Gasteiger partial charge in [0.1, 0.15) is 5.82 Å². The Kier molecular flexibility index (Phi) is 3.53. The van der Waals surface area contributed by atoms with Gasteiger partial charge in [0.2, 0.25) is 0 Å². The largest absolute Gasteiger partial charge is 0.341 e. The standard InChI is InChI=1S/C15H15N3S/c16-9-11-5-4-8-13-15(11)18-14(17-13)10-19-12-6-2-1-3-7-12/h1-8H,9-10,16H2,(H,17,18). The fourth-order valence-electron chi connectivity index (χ4n) is 2.04. The lowest BCUT2D eigenvalue weighted by Crippen LogP contribution is -1.96. The number of aromatic amines is 1. The Morgan fingerprint density at radius 2 is 1.89 bits per heavy atom. The molecule has 0 aliphatic heterocycles. The maximum Gasteiger partial charge on any atom is 0.117 e. The summed E-state index contributed by atoms with van der Waals surface area (Å²) < 4.78 is 0. The molecule has 0 radical (unpaired) electrons. The van der Waals surface area contributed by atoms with E-state index < -0.39 is 0 Å². The van der Waals surface area contributed by atoms with Crippen LogP contribution in [0.5, 0.6) is 0 Å². The molecule has 1 aromatic heterocycles. The van der Waals surface area contributed by atoms with Gasteiger partial charge in [-0.05, 0) is 23.8 Å². The summed E-state index contributed by atoms with van der Waals surface area (Å²) in [5.74, 6) is 1.83. The van der Waals surface area contributed by atoms with E-state index in [0.29, 0.717) is 6.54 Å². The zero-order valence-electron chi connectivity index (χ0n) is 10.5. The highest BCUT2D eigenvalue weighted by Crippen LogP contribution is 2.23. The summed E-state index contributed by atoms with van der Waals surface area (Å²) in [6.07, 6.45) is 0. The van der Waals surface area contributed by atoms with Gasteiger partial charge in [-0.25, -0.2) is 4.98 Å². The summed E-state index contributed by atoms with van der Waals surface area (Å²) in [5, 5.41) is 0. The number of nitrogens with zero attached hydrogens (tertiary/aromatic N) is 1. The summed E-state index contributed by atoms with van der Waals surface area (Å²) in [6.45, 7) is 0.521. The van der Waals surface area contributed by atoms with Crippen molar-refractivity contribution in [3.8, 4) is 0 Å². The third-order valence-electron chi connectivity index (χ3n) is 2.98. The molecule has 96 valence electrons. The fraction of sp³-hybridized carbons (Fsp3) is 0.133. The lowest BCUT2D eigenvalue weighted by molar-refractivity contribution is 1.07. The molecule has 0 fully saturated rings. The lowest BCUT2D eigenvalue weighted by atomic mass is 10.2. The van der Waals surface area contributed by atoms with E-state index in [1.54, 1.807) is 11.8 Å². The molecule has 0 aliphatic rings. The summed E-state index contributed by atoms with van der Waals surface area (Å²) in [5.41, 5.74) is 8.87. The van der Waals surface area contributed by atoms with E-state index in [9.17, 15) is 0 Å². The third-order valence-corrected chi connectivity index (χ3v) is 4.01. The van der Waals surface area contributed by atoms with Crippen LogP contribution in [0.4, 0.5) is 0 Å². The van der Waals surface area contributed by atoms with Crippen LogP contribution in [0, 0.1) is 0 Å². The molecule has 1 heterocycles. The van der Waals surface area contributed by atoms with Gasteiger partial charge >= 0.3 is 0 Å². The molecule has 3 rings (SSSR count). The summed E-state index contributed by atoms with van der Waals surface area (Å²) >= 11 is 1.78. The molecule has 0 saturated heterocycles. The van der Waals surface area contributed by atoms with Gasteiger partial charge in [-0.2, -0.15) is 0 Å². The van der Waals surface area contributed by atoms with E-state index >= 15 is 0 Å². The average molecular weight is 269 g/mol. The minimum Gasteiger partial charge on any atom is -0.341 e. The zero-order valence-corrected chi connectivity index (χ0v) is 11.3. The van der Waals surface area contributed by atoms with Gasteiger partial charge in [-0.3, -0.25) is 0 Å². The van der Waals surface area contributed by atoms with E-state index in [1.165, 1.54) is 4.90 Å². The van der Waals surface area contributed by atoms with Crippen LogP contribution in [0.2, 0.25) is 0 Å². The Hall–Kier alpha value is -1.78. The first-order valence-corrected chi connectivity index (χ1v) is 7.20. The van der Waals surface area contributed by atoms with Crippen molar-refractivity contribution in [1.82, 2.24) is 9.97 Å². The van der Waals surface area contributed by atoms with Crippen molar-refractivity contribution in [3.05, 3.63) is 59.9 Å². The van der Waals surface area contributed by atoms with E-state index in [4.69, 9.17) is 5.73 Å². The molecule has 4 heteroatoms. The first kappa shape index (κ1) is 12.3. The molecule has 0 unspecified atom stereocenters. The topological polar surface area (TPSA) is 54.7 Å². The number of H-pyrrole nitrogens is 1. The van der Waals surface area contributed by atoms with Gasteiger partial charge in [0.15, 0.2) is 0 Å².